The summed E-state index contributed by atoms with van der Waals surface area (Å²) in [5.41, 5.74) is 14.3. The number of fused-ring (bicyclic) bond motifs is 3. The molecule has 0 saturated carbocycles. The van der Waals surface area contributed by atoms with Gasteiger partial charge in [-0.15, -0.1) is 0 Å². The normalized spacial score (nSPS) is 16.2. The van der Waals surface area contributed by atoms with Crippen LogP contribution in [0.15, 0.2) is 115 Å². The molecule has 0 bridgehead atoms. The van der Waals surface area contributed by atoms with Crippen LogP contribution in [0.4, 0.5) is 0 Å². The summed E-state index contributed by atoms with van der Waals surface area (Å²) in [6.07, 6.45) is 0. The molecule has 1 unspecified atom stereocenters. The summed E-state index contributed by atoms with van der Waals surface area (Å²) in [5, 5.41) is 0. The summed E-state index contributed by atoms with van der Waals surface area (Å²) >= 11 is 0. The molecule has 0 fully saturated rings. The summed E-state index contributed by atoms with van der Waals surface area (Å²) in [5.74, 6) is 0. The lowest BCUT2D eigenvalue weighted by Crippen LogP contribution is -2.22. The summed E-state index contributed by atoms with van der Waals surface area (Å²) < 4.78 is 0. The summed E-state index contributed by atoms with van der Waals surface area (Å²) in [4.78, 5) is 0. The van der Waals surface area contributed by atoms with E-state index in [9.17, 15) is 0 Å². The van der Waals surface area contributed by atoms with Crippen molar-refractivity contribution in [3.05, 3.63) is 143 Å². The van der Waals surface area contributed by atoms with Crippen LogP contribution >= 0.6 is 0 Å². The molecule has 0 aromatic heterocycles. The maximum atomic E-state index is 2.42. The van der Waals surface area contributed by atoms with E-state index >= 15 is 0 Å². The van der Waals surface area contributed by atoms with Crippen molar-refractivity contribution in [2.75, 3.05) is 0 Å². The molecule has 5 aromatic rings. The Kier molecular flexibility index (Phi) is 4.78. The van der Waals surface area contributed by atoms with Gasteiger partial charge in [-0.3, -0.25) is 0 Å². The van der Waals surface area contributed by atoms with Gasteiger partial charge in [-0.1, -0.05) is 120 Å². The summed E-state index contributed by atoms with van der Waals surface area (Å²) in [6, 6.07) is 42.6. The number of hydrogen-bond donors (Lipinski definition) is 0. The van der Waals surface area contributed by atoms with Crippen molar-refractivity contribution in [1.82, 2.24) is 0 Å². The molecule has 1 atom stereocenters. The van der Waals surface area contributed by atoms with E-state index in [1.54, 1.807) is 0 Å². The fourth-order valence-corrected chi connectivity index (χ4v) is 5.51. The smallest absolute Gasteiger partial charge is 0.0435 e. The van der Waals surface area contributed by atoms with Crippen molar-refractivity contribution in [3.8, 4) is 33.4 Å². The predicted molar refractivity (Wildman–Crippen MR) is 144 cm³/mol. The largest absolute Gasteiger partial charge is 0.0622 e. The molecule has 1 aliphatic carbocycles. The number of hydrogen-bond acceptors (Lipinski definition) is 0. The van der Waals surface area contributed by atoms with Crippen molar-refractivity contribution < 1.29 is 0 Å². The fourth-order valence-electron chi connectivity index (χ4n) is 5.51. The molecule has 0 N–H and O–H groups in total. The van der Waals surface area contributed by atoms with Crippen LogP contribution in [0, 0.1) is 13.8 Å². The van der Waals surface area contributed by atoms with Crippen LogP contribution in [0.2, 0.25) is 0 Å². The molecule has 0 nitrogen and oxygen atoms in total. The lowest BCUT2D eigenvalue weighted by molar-refractivity contribution is 0.713. The molecule has 0 saturated heterocycles. The van der Waals surface area contributed by atoms with Crippen LogP contribution in [0.3, 0.4) is 0 Å². The maximum absolute atomic E-state index is 2.42. The van der Waals surface area contributed by atoms with Crippen molar-refractivity contribution in [1.29, 1.82) is 0 Å². The molecule has 0 spiro atoms. The van der Waals surface area contributed by atoms with Gasteiger partial charge < -0.3 is 0 Å². The van der Waals surface area contributed by atoms with Gasteiger partial charge in [-0.2, -0.15) is 0 Å². The van der Waals surface area contributed by atoms with Crippen molar-refractivity contribution in [2.24, 2.45) is 0 Å². The average Bonchev–Trinajstić information content (AvgIpc) is 3.13. The molecular weight excluding hydrogens is 408 g/mol. The molecule has 0 aliphatic heterocycles. The molecule has 0 amide bonds. The van der Waals surface area contributed by atoms with E-state index in [0.717, 1.165) is 0 Å². The van der Waals surface area contributed by atoms with Gasteiger partial charge in [0.15, 0.2) is 0 Å². The third-order valence-electron chi connectivity index (χ3n) is 7.52. The molecule has 0 radical (unpaired) electrons. The highest BCUT2D eigenvalue weighted by Crippen LogP contribution is 2.53. The number of rotatable bonds is 3. The quantitative estimate of drug-likeness (QED) is 0.265. The van der Waals surface area contributed by atoms with Crippen LogP contribution < -0.4 is 0 Å². The minimum Gasteiger partial charge on any atom is -0.0622 e. The number of aryl methyl sites for hydroxylation is 2. The number of benzene rings is 5. The lowest BCUT2D eigenvalue weighted by atomic mass is 9.73. The van der Waals surface area contributed by atoms with Crippen LogP contribution in [0.1, 0.15) is 34.7 Å². The van der Waals surface area contributed by atoms with Crippen LogP contribution in [0.5, 0.6) is 0 Å². The minimum atomic E-state index is -0.176. The molecule has 0 heteroatoms. The van der Waals surface area contributed by atoms with Gasteiger partial charge in [0.2, 0.25) is 0 Å². The Morgan fingerprint density at radius 3 is 1.62 bits per heavy atom. The van der Waals surface area contributed by atoms with Crippen LogP contribution in [-0.4, -0.2) is 0 Å². The Morgan fingerprint density at radius 2 is 0.941 bits per heavy atom. The Bertz CT molecular complexity index is 1490. The van der Waals surface area contributed by atoms with E-state index < -0.39 is 0 Å². The zero-order valence-corrected chi connectivity index (χ0v) is 20.0. The van der Waals surface area contributed by atoms with Gasteiger partial charge in [0.1, 0.15) is 0 Å². The Morgan fingerprint density at radius 1 is 0.441 bits per heavy atom. The SMILES string of the molecule is Cc1ccc(C2(C)c3cc(C)ccc3-c3ccc(-c4ccc(-c5ccccc5)cc4)cc32)cc1. The van der Waals surface area contributed by atoms with Gasteiger partial charge >= 0.3 is 0 Å². The molecule has 164 valence electrons. The second-order valence-corrected chi connectivity index (χ2v) is 9.74. The van der Waals surface area contributed by atoms with Gasteiger partial charge in [0.05, 0.1) is 0 Å². The van der Waals surface area contributed by atoms with E-state index in [0.29, 0.717) is 0 Å². The first-order valence-corrected chi connectivity index (χ1v) is 12.0. The molecule has 0 heterocycles. The van der Waals surface area contributed by atoms with E-state index in [1.807, 2.05) is 0 Å². The van der Waals surface area contributed by atoms with Gasteiger partial charge in [-0.25, -0.2) is 0 Å². The average molecular weight is 437 g/mol. The van der Waals surface area contributed by atoms with Gasteiger partial charge in [-0.05, 0) is 76.9 Å². The van der Waals surface area contributed by atoms with Gasteiger partial charge in [0.25, 0.3) is 0 Å². The first kappa shape index (κ1) is 20.7. The first-order chi connectivity index (χ1) is 16.5. The Hall–Kier alpha value is -3.90. The van der Waals surface area contributed by atoms with Crippen LogP contribution in [-0.2, 0) is 5.41 Å². The molecule has 1 aliphatic rings. The monoisotopic (exact) mass is 436 g/mol. The van der Waals surface area contributed by atoms with E-state index in [-0.39, 0.29) is 5.41 Å². The first-order valence-electron chi connectivity index (χ1n) is 12.0. The zero-order chi connectivity index (χ0) is 23.3. The highest BCUT2D eigenvalue weighted by molar-refractivity contribution is 5.86. The van der Waals surface area contributed by atoms with Crippen molar-refractivity contribution in [2.45, 2.75) is 26.2 Å². The van der Waals surface area contributed by atoms with E-state index in [2.05, 4.69) is 136 Å². The molecule has 5 aromatic carbocycles. The maximum Gasteiger partial charge on any atom is 0.0435 e. The van der Waals surface area contributed by atoms with Gasteiger partial charge in [0, 0.05) is 5.41 Å². The molecule has 34 heavy (non-hydrogen) atoms. The van der Waals surface area contributed by atoms with Crippen molar-refractivity contribution >= 4 is 0 Å². The predicted octanol–water partition coefficient (Wildman–Crippen LogP) is 8.97. The van der Waals surface area contributed by atoms with E-state index in [1.165, 1.54) is 61.2 Å². The zero-order valence-electron chi connectivity index (χ0n) is 20.0. The minimum absolute atomic E-state index is 0.176. The van der Waals surface area contributed by atoms with Crippen LogP contribution in [0.25, 0.3) is 33.4 Å². The van der Waals surface area contributed by atoms with E-state index in [4.69, 9.17) is 0 Å². The third-order valence-corrected chi connectivity index (χ3v) is 7.52. The topological polar surface area (TPSA) is 0 Å². The molecule has 6 rings (SSSR count). The summed E-state index contributed by atoms with van der Waals surface area (Å²) in [7, 11) is 0. The fraction of sp³-hybridized carbons (Fsp3) is 0.118. The lowest BCUT2D eigenvalue weighted by Gasteiger charge is -2.29. The Balaban J connectivity index is 1.49. The Labute approximate surface area is 202 Å². The summed E-state index contributed by atoms with van der Waals surface area (Å²) in [6.45, 7) is 6.74. The highest BCUT2D eigenvalue weighted by Gasteiger charge is 2.40. The second kappa shape index (κ2) is 7.85. The second-order valence-electron chi connectivity index (χ2n) is 9.74. The van der Waals surface area contributed by atoms with Crippen molar-refractivity contribution in [3.63, 3.8) is 0 Å². The highest BCUT2D eigenvalue weighted by atomic mass is 14.4. The molecular formula is C34H28. The standard InChI is InChI=1S/C34H28/c1-23-9-17-29(18-10-23)34(3)32-21-24(2)11-19-30(32)31-20-16-28(22-33(31)34)27-14-12-26(13-15-27)25-7-5-4-6-8-25/h4-22H,1-3H3. The third kappa shape index (κ3) is 3.22.